The van der Waals surface area contributed by atoms with E-state index in [1.807, 2.05) is 17.0 Å². The van der Waals surface area contributed by atoms with E-state index in [4.69, 9.17) is 0 Å². The predicted molar refractivity (Wildman–Crippen MR) is 92.9 cm³/mol. The van der Waals surface area contributed by atoms with Crippen molar-refractivity contribution in [1.29, 1.82) is 0 Å². The van der Waals surface area contributed by atoms with Crippen molar-refractivity contribution >= 4 is 5.91 Å². The Morgan fingerprint density at radius 2 is 2.04 bits per heavy atom. The van der Waals surface area contributed by atoms with Crippen molar-refractivity contribution in [1.82, 2.24) is 10.2 Å². The van der Waals surface area contributed by atoms with Gasteiger partial charge < -0.3 is 15.3 Å². The number of amides is 1. The summed E-state index contributed by atoms with van der Waals surface area (Å²) >= 11 is 0. The summed E-state index contributed by atoms with van der Waals surface area (Å²) in [6.45, 7) is 4.52. The van der Waals surface area contributed by atoms with Crippen LogP contribution in [-0.4, -0.2) is 35.5 Å². The molecule has 0 aliphatic carbocycles. The second-order valence-electron chi connectivity index (χ2n) is 7.01. The number of aryl methyl sites for hydroxylation is 1. The Hall–Kier alpha value is -2.40. The van der Waals surface area contributed by atoms with Gasteiger partial charge in [-0.1, -0.05) is 24.3 Å². The van der Waals surface area contributed by atoms with E-state index in [1.54, 1.807) is 0 Å². The summed E-state index contributed by atoms with van der Waals surface area (Å²) < 4.78 is 13.7. The molecule has 2 N–H and O–H groups in total. The van der Waals surface area contributed by atoms with Crippen LogP contribution in [0, 0.1) is 24.6 Å². The maximum atomic E-state index is 13.7. The third-order valence-corrected chi connectivity index (χ3v) is 5.53. The van der Waals surface area contributed by atoms with Crippen LogP contribution in [0.5, 0.6) is 5.75 Å². The van der Waals surface area contributed by atoms with Crippen molar-refractivity contribution in [2.24, 2.45) is 11.8 Å². The summed E-state index contributed by atoms with van der Waals surface area (Å²) in [6.07, 6.45) is 0. The molecule has 2 fully saturated rings. The van der Waals surface area contributed by atoms with E-state index in [-0.39, 0.29) is 17.5 Å². The molecule has 130 valence electrons. The van der Waals surface area contributed by atoms with Crippen LogP contribution in [0.15, 0.2) is 42.5 Å². The van der Waals surface area contributed by atoms with Gasteiger partial charge in [-0.15, -0.1) is 0 Å². The number of likely N-dealkylation sites (tertiary alicyclic amines) is 1. The number of rotatable bonds is 2. The number of nitrogens with zero attached hydrogens (tertiary/aromatic N) is 1. The number of hydrogen-bond donors (Lipinski definition) is 2. The molecule has 2 heterocycles. The zero-order valence-electron chi connectivity index (χ0n) is 14.1. The van der Waals surface area contributed by atoms with Gasteiger partial charge in [0.1, 0.15) is 0 Å². The number of carbonyl (C=O) groups is 1. The van der Waals surface area contributed by atoms with Crippen LogP contribution < -0.4 is 5.32 Å². The molecule has 0 bridgehead atoms. The lowest BCUT2D eigenvalue weighted by Gasteiger charge is -2.29. The number of phenolic OH excluding ortho intramolecular Hbond substituents is 1. The number of carbonyl (C=O) groups excluding carboxylic acids is 1. The molecule has 0 radical (unpaired) electrons. The fourth-order valence-corrected chi connectivity index (χ4v) is 4.25. The lowest BCUT2D eigenvalue weighted by atomic mass is 9.87. The van der Waals surface area contributed by atoms with Crippen molar-refractivity contribution in [2.45, 2.75) is 13.0 Å². The van der Waals surface area contributed by atoms with Crippen molar-refractivity contribution in [3.8, 4) is 5.75 Å². The number of nitrogens with one attached hydrogen (secondary N) is 1. The zero-order valence-corrected chi connectivity index (χ0v) is 14.1. The zero-order chi connectivity index (χ0) is 17.6. The lowest BCUT2D eigenvalue weighted by molar-refractivity contribution is 0.0713. The molecule has 0 spiro atoms. The van der Waals surface area contributed by atoms with Crippen LogP contribution in [0.1, 0.15) is 27.5 Å². The van der Waals surface area contributed by atoms with Gasteiger partial charge in [0.25, 0.3) is 5.91 Å². The van der Waals surface area contributed by atoms with Crippen LogP contribution in [0.2, 0.25) is 0 Å². The molecule has 4 nitrogen and oxygen atoms in total. The minimum absolute atomic E-state index is 0.00874. The number of fused-ring (bicyclic) bond motifs is 1. The van der Waals surface area contributed by atoms with Gasteiger partial charge in [-0.25, -0.2) is 4.39 Å². The Morgan fingerprint density at radius 1 is 1.24 bits per heavy atom. The Kier molecular flexibility index (Phi) is 3.96. The Balaban J connectivity index is 1.73. The normalized spacial score (nSPS) is 25.2. The van der Waals surface area contributed by atoms with Crippen LogP contribution >= 0.6 is 0 Å². The van der Waals surface area contributed by atoms with Gasteiger partial charge >= 0.3 is 0 Å². The van der Waals surface area contributed by atoms with E-state index in [9.17, 15) is 14.3 Å². The summed E-state index contributed by atoms with van der Waals surface area (Å²) in [5.41, 5.74) is 2.60. The first-order valence-electron chi connectivity index (χ1n) is 8.62. The number of hydrogen-bond acceptors (Lipinski definition) is 3. The van der Waals surface area contributed by atoms with Gasteiger partial charge in [0.15, 0.2) is 11.6 Å². The largest absolute Gasteiger partial charge is 0.505 e. The summed E-state index contributed by atoms with van der Waals surface area (Å²) in [6, 6.07) is 12.0. The van der Waals surface area contributed by atoms with Crippen molar-refractivity contribution in [3.05, 3.63) is 65.0 Å². The van der Waals surface area contributed by atoms with E-state index in [2.05, 4.69) is 24.4 Å². The van der Waals surface area contributed by atoms with Crippen LogP contribution in [-0.2, 0) is 0 Å². The average molecular weight is 340 g/mol. The summed E-state index contributed by atoms with van der Waals surface area (Å²) in [5, 5.41) is 12.8. The van der Waals surface area contributed by atoms with Gasteiger partial charge in [-0.3, -0.25) is 4.79 Å². The third kappa shape index (κ3) is 2.68. The molecule has 2 aliphatic heterocycles. The molecule has 4 rings (SSSR count). The van der Waals surface area contributed by atoms with Gasteiger partial charge in [-0.2, -0.15) is 0 Å². The maximum Gasteiger partial charge on any atom is 0.254 e. The van der Waals surface area contributed by atoms with Crippen LogP contribution in [0.25, 0.3) is 0 Å². The summed E-state index contributed by atoms with van der Waals surface area (Å²) in [4.78, 5) is 15.0. The Bertz CT molecular complexity index is 823. The van der Waals surface area contributed by atoms with Crippen LogP contribution in [0.3, 0.4) is 0 Å². The van der Waals surface area contributed by atoms with Crippen molar-refractivity contribution in [3.63, 3.8) is 0 Å². The predicted octanol–water partition coefficient (Wildman–Crippen LogP) is 2.87. The van der Waals surface area contributed by atoms with Gasteiger partial charge in [0.2, 0.25) is 0 Å². The van der Waals surface area contributed by atoms with Gasteiger partial charge in [0, 0.05) is 31.1 Å². The molecule has 25 heavy (non-hydrogen) atoms. The fraction of sp³-hybridized carbons (Fsp3) is 0.350. The molecule has 1 amide bonds. The van der Waals surface area contributed by atoms with E-state index >= 15 is 0 Å². The molecule has 5 heteroatoms. The molecule has 3 atom stereocenters. The molecule has 2 aliphatic rings. The number of benzene rings is 2. The van der Waals surface area contributed by atoms with Gasteiger partial charge in [0.05, 0.1) is 6.04 Å². The number of phenols is 1. The van der Waals surface area contributed by atoms with E-state index in [1.165, 1.54) is 12.1 Å². The SMILES string of the molecule is Cc1ccccc1[C@@H]1[C@H]2CNC[C@H]2CN1C(=O)c1ccc(O)c(F)c1. The number of halogens is 1. The van der Waals surface area contributed by atoms with Gasteiger partial charge in [-0.05, 0) is 42.2 Å². The van der Waals surface area contributed by atoms with E-state index in [0.717, 1.165) is 30.3 Å². The van der Waals surface area contributed by atoms with E-state index in [0.29, 0.717) is 18.4 Å². The van der Waals surface area contributed by atoms with Crippen molar-refractivity contribution < 1.29 is 14.3 Å². The smallest absolute Gasteiger partial charge is 0.254 e. The number of aromatic hydroxyl groups is 1. The van der Waals surface area contributed by atoms with Crippen molar-refractivity contribution in [2.75, 3.05) is 19.6 Å². The van der Waals surface area contributed by atoms with Crippen LogP contribution in [0.4, 0.5) is 4.39 Å². The quantitative estimate of drug-likeness (QED) is 0.884. The first kappa shape index (κ1) is 16.1. The molecule has 0 saturated carbocycles. The minimum atomic E-state index is -0.764. The molecule has 2 saturated heterocycles. The highest BCUT2D eigenvalue weighted by Gasteiger charge is 2.47. The highest BCUT2D eigenvalue weighted by atomic mass is 19.1. The Labute approximate surface area is 146 Å². The molecule has 0 unspecified atom stereocenters. The van der Waals surface area contributed by atoms with E-state index < -0.39 is 11.6 Å². The highest BCUT2D eigenvalue weighted by Crippen LogP contribution is 2.44. The molecular formula is C20H21FN2O2. The Morgan fingerprint density at radius 3 is 2.80 bits per heavy atom. The lowest BCUT2D eigenvalue weighted by Crippen LogP contribution is -2.35. The summed E-state index contributed by atoms with van der Waals surface area (Å²) in [5.74, 6) is -0.599. The minimum Gasteiger partial charge on any atom is -0.505 e. The second kappa shape index (κ2) is 6.15. The molecular weight excluding hydrogens is 319 g/mol. The third-order valence-electron chi connectivity index (χ3n) is 5.53. The molecule has 2 aromatic rings. The standard InChI is InChI=1S/C20H21FN2O2/c1-12-4-2-3-5-15(12)19-16-10-22-9-14(16)11-23(19)20(25)13-6-7-18(24)17(21)8-13/h2-8,14,16,19,22,24H,9-11H2,1H3/t14-,16-,19+/m0/s1. The first-order chi connectivity index (χ1) is 12.1. The summed E-state index contributed by atoms with van der Waals surface area (Å²) in [7, 11) is 0. The molecule has 2 aromatic carbocycles. The monoisotopic (exact) mass is 340 g/mol. The maximum absolute atomic E-state index is 13.7. The topological polar surface area (TPSA) is 52.6 Å². The second-order valence-corrected chi connectivity index (χ2v) is 7.01. The highest BCUT2D eigenvalue weighted by molar-refractivity contribution is 5.95. The fourth-order valence-electron chi connectivity index (χ4n) is 4.25. The average Bonchev–Trinajstić information content (AvgIpc) is 3.18. The molecule has 0 aromatic heterocycles. The first-order valence-corrected chi connectivity index (χ1v) is 8.62.